The van der Waals surface area contributed by atoms with Gasteiger partial charge in [0.1, 0.15) is 17.2 Å². The van der Waals surface area contributed by atoms with Gasteiger partial charge in [0.15, 0.2) is 0 Å². The number of hydrogen-bond donors (Lipinski definition) is 1. The summed E-state index contributed by atoms with van der Waals surface area (Å²) in [6.45, 7) is 2.97. The van der Waals surface area contributed by atoms with Crippen LogP contribution in [-0.4, -0.2) is 53.8 Å². The standard InChI is InChI=1S/C16H16FN3O3/c17-11-1-2-14-10(5-11)6-13(23-14)9-19-3-4-20-12(8-19)7-18-15(21)16(20)22/h1-2,5-6,12H,3-4,7-9H2,(H,18,21)/t12-/m0/s1. The summed E-state index contributed by atoms with van der Waals surface area (Å²) in [5.41, 5.74) is 0.667. The molecule has 120 valence electrons. The number of fused-ring (bicyclic) bond motifs is 2. The van der Waals surface area contributed by atoms with Crippen molar-refractivity contribution in [2.45, 2.75) is 12.6 Å². The molecule has 2 aliphatic heterocycles. The lowest BCUT2D eigenvalue weighted by Gasteiger charge is -2.43. The lowest BCUT2D eigenvalue weighted by molar-refractivity contribution is -0.152. The third-order valence-electron chi connectivity index (χ3n) is 4.43. The zero-order valence-corrected chi connectivity index (χ0v) is 12.4. The van der Waals surface area contributed by atoms with Crippen LogP contribution < -0.4 is 5.32 Å². The van der Waals surface area contributed by atoms with Crippen molar-refractivity contribution >= 4 is 22.8 Å². The fourth-order valence-corrected chi connectivity index (χ4v) is 3.29. The van der Waals surface area contributed by atoms with Gasteiger partial charge in [-0.2, -0.15) is 0 Å². The van der Waals surface area contributed by atoms with Gasteiger partial charge in [-0.05, 0) is 24.3 Å². The first-order valence-electron chi connectivity index (χ1n) is 7.59. The highest BCUT2D eigenvalue weighted by Gasteiger charge is 2.37. The number of halogens is 1. The summed E-state index contributed by atoms with van der Waals surface area (Å²) < 4.78 is 19.0. The molecule has 1 atom stereocenters. The molecule has 2 aromatic rings. The molecule has 0 bridgehead atoms. The van der Waals surface area contributed by atoms with Crippen molar-refractivity contribution in [3.8, 4) is 0 Å². The van der Waals surface area contributed by atoms with Gasteiger partial charge < -0.3 is 14.6 Å². The second-order valence-corrected chi connectivity index (χ2v) is 5.99. The fourth-order valence-electron chi connectivity index (χ4n) is 3.29. The van der Waals surface area contributed by atoms with Gasteiger partial charge in [-0.1, -0.05) is 0 Å². The molecular formula is C16H16FN3O3. The van der Waals surface area contributed by atoms with Gasteiger partial charge in [0, 0.05) is 31.6 Å². The van der Waals surface area contributed by atoms with E-state index in [1.807, 2.05) is 6.07 Å². The van der Waals surface area contributed by atoms with Crippen LogP contribution in [0.25, 0.3) is 11.0 Å². The second kappa shape index (κ2) is 5.34. The van der Waals surface area contributed by atoms with E-state index in [9.17, 15) is 14.0 Å². The van der Waals surface area contributed by atoms with E-state index < -0.39 is 11.8 Å². The number of amides is 2. The lowest BCUT2D eigenvalue weighted by Crippen LogP contribution is -2.65. The zero-order valence-electron chi connectivity index (χ0n) is 12.4. The largest absolute Gasteiger partial charge is 0.460 e. The van der Waals surface area contributed by atoms with Gasteiger partial charge in [-0.3, -0.25) is 14.5 Å². The van der Waals surface area contributed by atoms with Gasteiger partial charge in [-0.25, -0.2) is 4.39 Å². The van der Waals surface area contributed by atoms with E-state index in [2.05, 4.69) is 10.2 Å². The van der Waals surface area contributed by atoms with Crippen LogP contribution in [0.1, 0.15) is 5.76 Å². The molecule has 3 heterocycles. The summed E-state index contributed by atoms with van der Waals surface area (Å²) in [4.78, 5) is 27.0. The van der Waals surface area contributed by atoms with Crippen LogP contribution in [0.2, 0.25) is 0 Å². The third kappa shape index (κ3) is 2.57. The SMILES string of the molecule is O=C1NC[C@H]2CN(Cc3cc4cc(F)ccc4o3)CCN2C1=O. The maximum Gasteiger partial charge on any atom is 0.312 e. The van der Waals surface area contributed by atoms with Crippen molar-refractivity contribution in [3.63, 3.8) is 0 Å². The topological polar surface area (TPSA) is 65.8 Å². The van der Waals surface area contributed by atoms with Crippen LogP contribution in [0.5, 0.6) is 0 Å². The Labute approximate surface area is 131 Å². The number of rotatable bonds is 2. The number of furan rings is 1. The Kier molecular flexibility index (Phi) is 3.30. The normalized spacial score (nSPS) is 22.3. The van der Waals surface area contributed by atoms with Crippen LogP contribution >= 0.6 is 0 Å². The first kappa shape index (κ1) is 14.2. The summed E-state index contributed by atoms with van der Waals surface area (Å²) in [6, 6.07) is 6.30. The van der Waals surface area contributed by atoms with Gasteiger partial charge >= 0.3 is 11.8 Å². The highest BCUT2D eigenvalue weighted by molar-refractivity contribution is 6.35. The smallest absolute Gasteiger partial charge is 0.312 e. The van der Waals surface area contributed by atoms with Gasteiger partial charge in [0.05, 0.1) is 12.6 Å². The quantitative estimate of drug-likeness (QED) is 0.829. The Bertz CT molecular complexity index is 788. The minimum absolute atomic E-state index is 0.00391. The molecule has 4 rings (SSSR count). The minimum atomic E-state index is -0.519. The Morgan fingerprint density at radius 1 is 1.26 bits per heavy atom. The van der Waals surface area contributed by atoms with Crippen molar-refractivity contribution in [1.82, 2.24) is 15.1 Å². The van der Waals surface area contributed by atoms with Gasteiger partial charge in [0.2, 0.25) is 0 Å². The van der Waals surface area contributed by atoms with Crippen molar-refractivity contribution in [3.05, 3.63) is 35.8 Å². The molecule has 23 heavy (non-hydrogen) atoms. The lowest BCUT2D eigenvalue weighted by atomic mass is 10.1. The number of hydrogen-bond acceptors (Lipinski definition) is 4. The predicted molar refractivity (Wildman–Crippen MR) is 80.0 cm³/mol. The van der Waals surface area contributed by atoms with E-state index in [0.29, 0.717) is 38.3 Å². The summed E-state index contributed by atoms with van der Waals surface area (Å²) in [7, 11) is 0. The molecular weight excluding hydrogens is 301 g/mol. The van der Waals surface area contributed by atoms with Crippen LogP contribution in [0.4, 0.5) is 4.39 Å². The van der Waals surface area contributed by atoms with E-state index in [1.165, 1.54) is 12.1 Å². The zero-order chi connectivity index (χ0) is 16.0. The summed E-state index contributed by atoms with van der Waals surface area (Å²) in [6.07, 6.45) is 0. The molecule has 1 aromatic heterocycles. The van der Waals surface area contributed by atoms with E-state index in [4.69, 9.17) is 4.42 Å². The van der Waals surface area contributed by atoms with Crippen molar-refractivity contribution in [2.24, 2.45) is 0 Å². The predicted octanol–water partition coefficient (Wildman–Crippen LogP) is 0.714. The summed E-state index contributed by atoms with van der Waals surface area (Å²) in [5.74, 6) is -0.478. The molecule has 0 spiro atoms. The molecule has 0 saturated carbocycles. The first-order valence-corrected chi connectivity index (χ1v) is 7.59. The molecule has 2 amide bonds. The van der Waals surface area contributed by atoms with Crippen molar-refractivity contribution in [2.75, 3.05) is 26.2 Å². The molecule has 2 aliphatic rings. The molecule has 6 nitrogen and oxygen atoms in total. The van der Waals surface area contributed by atoms with E-state index in [1.54, 1.807) is 11.0 Å². The molecule has 1 aromatic carbocycles. The highest BCUT2D eigenvalue weighted by Crippen LogP contribution is 2.22. The Balaban J connectivity index is 1.47. The minimum Gasteiger partial charge on any atom is -0.460 e. The van der Waals surface area contributed by atoms with Crippen molar-refractivity contribution in [1.29, 1.82) is 0 Å². The first-order chi connectivity index (χ1) is 11.1. The van der Waals surface area contributed by atoms with E-state index in [-0.39, 0.29) is 11.9 Å². The van der Waals surface area contributed by atoms with Crippen LogP contribution in [0.15, 0.2) is 28.7 Å². The van der Waals surface area contributed by atoms with Crippen molar-refractivity contribution < 1.29 is 18.4 Å². The maximum absolute atomic E-state index is 13.2. The van der Waals surface area contributed by atoms with Crippen LogP contribution in [0.3, 0.4) is 0 Å². The third-order valence-corrected chi connectivity index (χ3v) is 4.43. The van der Waals surface area contributed by atoms with E-state index in [0.717, 1.165) is 11.1 Å². The average molecular weight is 317 g/mol. The van der Waals surface area contributed by atoms with Crippen LogP contribution in [-0.2, 0) is 16.1 Å². The van der Waals surface area contributed by atoms with E-state index >= 15 is 0 Å². The Morgan fingerprint density at radius 3 is 3.00 bits per heavy atom. The molecule has 0 unspecified atom stereocenters. The molecule has 2 fully saturated rings. The molecule has 7 heteroatoms. The average Bonchev–Trinajstić information content (AvgIpc) is 2.92. The summed E-state index contributed by atoms with van der Waals surface area (Å²) in [5, 5.41) is 3.37. The Hall–Kier alpha value is -2.41. The fraction of sp³-hybridized carbons (Fsp3) is 0.375. The number of nitrogens with zero attached hydrogens (tertiary/aromatic N) is 2. The van der Waals surface area contributed by atoms with Crippen LogP contribution in [0, 0.1) is 5.82 Å². The monoisotopic (exact) mass is 317 g/mol. The molecule has 1 N–H and O–H groups in total. The number of piperazine rings is 2. The number of carbonyl (C=O) groups is 2. The Morgan fingerprint density at radius 2 is 2.13 bits per heavy atom. The molecule has 0 aliphatic carbocycles. The number of carbonyl (C=O) groups excluding carboxylic acids is 2. The number of benzene rings is 1. The molecule has 0 radical (unpaired) electrons. The highest BCUT2D eigenvalue weighted by atomic mass is 19.1. The van der Waals surface area contributed by atoms with Gasteiger partial charge in [-0.15, -0.1) is 0 Å². The van der Waals surface area contributed by atoms with Gasteiger partial charge in [0.25, 0.3) is 0 Å². The number of nitrogens with one attached hydrogen (secondary N) is 1. The maximum atomic E-state index is 13.2. The molecule has 2 saturated heterocycles. The summed E-state index contributed by atoms with van der Waals surface area (Å²) >= 11 is 0. The second-order valence-electron chi connectivity index (χ2n) is 5.99.